The van der Waals surface area contributed by atoms with E-state index in [1.807, 2.05) is 31.2 Å². The van der Waals surface area contributed by atoms with Crippen LogP contribution in [-0.2, 0) is 4.79 Å². The molecule has 0 fully saturated rings. The highest BCUT2D eigenvalue weighted by Crippen LogP contribution is 2.22. The van der Waals surface area contributed by atoms with Crippen molar-refractivity contribution in [1.82, 2.24) is 0 Å². The number of hydrogen-bond acceptors (Lipinski definition) is 2. The number of aryl methyl sites for hydroxylation is 1. The first-order valence-electron chi connectivity index (χ1n) is 6.10. The molecule has 0 saturated heterocycles. The predicted molar refractivity (Wildman–Crippen MR) is 82.4 cm³/mol. The maximum atomic E-state index is 12.9. The molecule has 0 aromatic heterocycles. The monoisotopic (exact) mass is 336 g/mol. The molecule has 0 aliphatic heterocycles. The van der Waals surface area contributed by atoms with Gasteiger partial charge in [-0.15, -0.1) is 0 Å². The number of amides is 1. The number of benzene rings is 2. The van der Waals surface area contributed by atoms with Crippen LogP contribution in [0.15, 0.2) is 46.9 Å². The van der Waals surface area contributed by atoms with Gasteiger partial charge in [0, 0.05) is 15.8 Å². The smallest absolute Gasteiger partial charge is 0.243 e. The van der Waals surface area contributed by atoms with Crippen molar-refractivity contribution in [2.75, 3.05) is 17.2 Å². The summed E-state index contributed by atoms with van der Waals surface area (Å²) in [4.78, 5) is 11.8. The summed E-state index contributed by atoms with van der Waals surface area (Å²) in [6.07, 6.45) is 0. The minimum atomic E-state index is -0.327. The van der Waals surface area contributed by atoms with Crippen LogP contribution in [0.25, 0.3) is 0 Å². The van der Waals surface area contributed by atoms with E-state index < -0.39 is 0 Å². The molecule has 0 aliphatic rings. The lowest BCUT2D eigenvalue weighted by Crippen LogP contribution is -2.21. The Balaban J connectivity index is 1.92. The molecule has 104 valence electrons. The van der Waals surface area contributed by atoms with E-state index >= 15 is 0 Å². The number of nitrogens with one attached hydrogen (secondary N) is 2. The zero-order valence-corrected chi connectivity index (χ0v) is 12.5. The summed E-state index contributed by atoms with van der Waals surface area (Å²) in [6.45, 7) is 2.07. The summed E-state index contributed by atoms with van der Waals surface area (Å²) in [5, 5.41) is 5.74. The Kier molecular flexibility index (Phi) is 4.74. The largest absolute Gasteiger partial charge is 0.375 e. The number of anilines is 2. The molecule has 0 bridgehead atoms. The maximum absolute atomic E-state index is 12.9. The van der Waals surface area contributed by atoms with Gasteiger partial charge in [0.05, 0.1) is 6.54 Å². The molecule has 5 heteroatoms. The minimum absolute atomic E-state index is 0.109. The molecule has 2 aromatic rings. The molecule has 0 radical (unpaired) electrons. The second-order valence-electron chi connectivity index (χ2n) is 4.40. The number of rotatable bonds is 4. The molecule has 0 unspecified atom stereocenters. The van der Waals surface area contributed by atoms with Crippen LogP contribution in [0.4, 0.5) is 15.8 Å². The molecular formula is C15H14BrFN2O. The fourth-order valence-electron chi connectivity index (χ4n) is 1.74. The van der Waals surface area contributed by atoms with Gasteiger partial charge in [0.25, 0.3) is 0 Å². The summed E-state index contributed by atoms with van der Waals surface area (Å²) in [6, 6.07) is 11.8. The fourth-order valence-corrected chi connectivity index (χ4v) is 2.23. The second-order valence-corrected chi connectivity index (χ2v) is 5.25. The first-order valence-corrected chi connectivity index (χ1v) is 6.89. The molecule has 0 heterocycles. The average Bonchev–Trinajstić information content (AvgIpc) is 2.37. The number of hydrogen-bond donors (Lipinski definition) is 2. The van der Waals surface area contributed by atoms with E-state index in [0.717, 1.165) is 11.3 Å². The SMILES string of the molecule is Cc1cccc(NC(=O)CNc2ccc(F)cc2Br)c1. The van der Waals surface area contributed by atoms with Gasteiger partial charge in [0.1, 0.15) is 5.82 Å². The van der Waals surface area contributed by atoms with Gasteiger partial charge in [0.15, 0.2) is 0 Å². The highest BCUT2D eigenvalue weighted by atomic mass is 79.9. The van der Waals surface area contributed by atoms with Gasteiger partial charge in [0.2, 0.25) is 5.91 Å². The van der Waals surface area contributed by atoms with E-state index in [1.165, 1.54) is 12.1 Å². The average molecular weight is 337 g/mol. The fraction of sp³-hybridized carbons (Fsp3) is 0.133. The standard InChI is InChI=1S/C15H14BrFN2O/c1-10-3-2-4-12(7-10)19-15(20)9-18-14-6-5-11(17)8-13(14)16/h2-8,18H,9H2,1H3,(H,19,20). The van der Waals surface area contributed by atoms with E-state index in [0.29, 0.717) is 10.2 Å². The molecule has 3 nitrogen and oxygen atoms in total. The minimum Gasteiger partial charge on any atom is -0.375 e. The van der Waals surface area contributed by atoms with Gasteiger partial charge >= 0.3 is 0 Å². The normalized spacial score (nSPS) is 10.2. The van der Waals surface area contributed by atoms with Crippen LogP contribution in [-0.4, -0.2) is 12.5 Å². The van der Waals surface area contributed by atoms with Crippen molar-refractivity contribution in [1.29, 1.82) is 0 Å². The van der Waals surface area contributed by atoms with Crippen LogP contribution in [0, 0.1) is 12.7 Å². The lowest BCUT2D eigenvalue weighted by Gasteiger charge is -2.09. The topological polar surface area (TPSA) is 41.1 Å². The highest BCUT2D eigenvalue weighted by Gasteiger charge is 2.05. The van der Waals surface area contributed by atoms with Crippen LogP contribution >= 0.6 is 15.9 Å². The first kappa shape index (κ1) is 14.5. The first-order chi connectivity index (χ1) is 9.54. The van der Waals surface area contributed by atoms with Crippen molar-refractivity contribution < 1.29 is 9.18 Å². The molecule has 20 heavy (non-hydrogen) atoms. The Hall–Kier alpha value is -1.88. The van der Waals surface area contributed by atoms with E-state index in [2.05, 4.69) is 26.6 Å². The summed E-state index contributed by atoms with van der Waals surface area (Å²) in [5.74, 6) is -0.488. The Bertz CT molecular complexity index is 631. The van der Waals surface area contributed by atoms with Crippen LogP contribution in [0.1, 0.15) is 5.56 Å². The van der Waals surface area contributed by atoms with Crippen molar-refractivity contribution in [2.45, 2.75) is 6.92 Å². The lowest BCUT2D eigenvalue weighted by atomic mass is 10.2. The van der Waals surface area contributed by atoms with E-state index in [1.54, 1.807) is 6.07 Å². The highest BCUT2D eigenvalue weighted by molar-refractivity contribution is 9.10. The Morgan fingerprint density at radius 3 is 2.75 bits per heavy atom. The van der Waals surface area contributed by atoms with Crippen molar-refractivity contribution in [3.8, 4) is 0 Å². The lowest BCUT2D eigenvalue weighted by molar-refractivity contribution is -0.114. The van der Waals surface area contributed by atoms with E-state index in [-0.39, 0.29) is 18.3 Å². The molecule has 2 rings (SSSR count). The van der Waals surface area contributed by atoms with Gasteiger partial charge in [-0.3, -0.25) is 4.79 Å². The quantitative estimate of drug-likeness (QED) is 0.887. The van der Waals surface area contributed by atoms with Gasteiger partial charge < -0.3 is 10.6 Å². The van der Waals surface area contributed by atoms with E-state index in [9.17, 15) is 9.18 Å². The third-order valence-electron chi connectivity index (χ3n) is 2.67. The molecule has 2 N–H and O–H groups in total. The molecule has 0 spiro atoms. The molecule has 0 aliphatic carbocycles. The third kappa shape index (κ3) is 4.06. The third-order valence-corrected chi connectivity index (χ3v) is 3.33. The van der Waals surface area contributed by atoms with Gasteiger partial charge in [-0.05, 0) is 58.7 Å². The molecule has 1 amide bonds. The Morgan fingerprint density at radius 1 is 1.25 bits per heavy atom. The zero-order chi connectivity index (χ0) is 14.5. The van der Waals surface area contributed by atoms with Crippen molar-refractivity contribution in [3.63, 3.8) is 0 Å². The van der Waals surface area contributed by atoms with Crippen LogP contribution in [0.2, 0.25) is 0 Å². The Morgan fingerprint density at radius 2 is 2.05 bits per heavy atom. The van der Waals surface area contributed by atoms with Gasteiger partial charge in [-0.2, -0.15) is 0 Å². The predicted octanol–water partition coefficient (Wildman–Crippen LogP) is 3.95. The molecule has 0 atom stereocenters. The second kappa shape index (κ2) is 6.52. The van der Waals surface area contributed by atoms with Crippen LogP contribution in [0.5, 0.6) is 0 Å². The summed E-state index contributed by atoms with van der Waals surface area (Å²) >= 11 is 3.24. The zero-order valence-electron chi connectivity index (χ0n) is 10.9. The van der Waals surface area contributed by atoms with Crippen molar-refractivity contribution in [2.24, 2.45) is 0 Å². The van der Waals surface area contributed by atoms with Gasteiger partial charge in [-0.1, -0.05) is 12.1 Å². The van der Waals surface area contributed by atoms with Crippen LogP contribution < -0.4 is 10.6 Å². The molecule has 0 saturated carbocycles. The number of halogens is 2. The summed E-state index contributed by atoms with van der Waals surface area (Å²) < 4.78 is 13.5. The summed E-state index contributed by atoms with van der Waals surface area (Å²) in [5.41, 5.74) is 2.51. The Labute approximate surface area is 125 Å². The summed E-state index contributed by atoms with van der Waals surface area (Å²) in [7, 11) is 0. The van der Waals surface area contributed by atoms with Gasteiger partial charge in [-0.25, -0.2) is 4.39 Å². The van der Waals surface area contributed by atoms with Crippen LogP contribution in [0.3, 0.4) is 0 Å². The van der Waals surface area contributed by atoms with Crippen molar-refractivity contribution in [3.05, 3.63) is 58.3 Å². The number of carbonyl (C=O) groups excluding carboxylic acids is 1. The maximum Gasteiger partial charge on any atom is 0.243 e. The number of carbonyl (C=O) groups is 1. The van der Waals surface area contributed by atoms with Crippen molar-refractivity contribution >= 4 is 33.2 Å². The molecule has 2 aromatic carbocycles. The van der Waals surface area contributed by atoms with E-state index in [4.69, 9.17) is 0 Å². The molecular weight excluding hydrogens is 323 g/mol.